The summed E-state index contributed by atoms with van der Waals surface area (Å²) in [7, 11) is -2.63. The fourth-order valence-electron chi connectivity index (χ4n) is 1.84. The highest BCUT2D eigenvalue weighted by Crippen LogP contribution is 2.23. The molecule has 2 heterocycles. The summed E-state index contributed by atoms with van der Waals surface area (Å²) in [5, 5.41) is 2.62. The molecule has 0 aliphatic rings. The second-order valence-corrected chi connectivity index (χ2v) is 7.82. The monoisotopic (exact) mass is 413 g/mol. The number of carbonyl (C=O) groups is 1. The predicted molar refractivity (Wildman–Crippen MR) is 92.2 cm³/mol. The number of nitrogens with zero attached hydrogens (tertiary/aromatic N) is 3. The molecule has 3 N–H and O–H groups in total. The molecule has 2 rings (SSSR count). The van der Waals surface area contributed by atoms with Gasteiger partial charge in [-0.05, 0) is 34.1 Å². The van der Waals surface area contributed by atoms with E-state index in [9.17, 15) is 13.2 Å². The van der Waals surface area contributed by atoms with Crippen LogP contribution in [0.15, 0.2) is 46.0 Å². The maximum Gasteiger partial charge on any atom is 0.246 e. The SMILES string of the molecule is CN(CC(=O)NCc1ccccn1)S(=O)(=O)c1cc(Br)cnc1N. The van der Waals surface area contributed by atoms with Crippen LogP contribution < -0.4 is 11.1 Å². The molecule has 0 unspecified atom stereocenters. The molecule has 0 aliphatic heterocycles. The largest absolute Gasteiger partial charge is 0.383 e. The maximum absolute atomic E-state index is 12.5. The average Bonchev–Trinajstić information content (AvgIpc) is 2.56. The number of rotatable bonds is 6. The van der Waals surface area contributed by atoms with Gasteiger partial charge in [-0.3, -0.25) is 9.78 Å². The summed E-state index contributed by atoms with van der Waals surface area (Å²) in [6, 6.07) is 6.67. The Labute approximate surface area is 148 Å². The average molecular weight is 414 g/mol. The highest BCUT2D eigenvalue weighted by molar-refractivity contribution is 9.10. The van der Waals surface area contributed by atoms with Crippen LogP contribution in [-0.4, -0.2) is 42.2 Å². The number of anilines is 1. The van der Waals surface area contributed by atoms with Crippen molar-refractivity contribution in [1.82, 2.24) is 19.6 Å². The first kappa shape index (κ1) is 18.3. The highest BCUT2D eigenvalue weighted by atomic mass is 79.9. The van der Waals surface area contributed by atoms with E-state index in [2.05, 4.69) is 31.2 Å². The Morgan fingerprint density at radius 2 is 2.12 bits per heavy atom. The lowest BCUT2D eigenvalue weighted by Crippen LogP contribution is -2.38. The van der Waals surface area contributed by atoms with Gasteiger partial charge in [0, 0.05) is 23.9 Å². The third kappa shape index (κ3) is 4.49. The standard InChI is InChI=1S/C14H16BrN5O3S/c1-20(9-13(21)18-8-11-4-2-3-5-17-11)24(22,23)12-6-10(15)7-19-14(12)16/h2-7H,8-9H2,1H3,(H2,16,19)(H,18,21). The van der Waals surface area contributed by atoms with Crippen molar-refractivity contribution >= 4 is 37.7 Å². The smallest absolute Gasteiger partial charge is 0.246 e. The van der Waals surface area contributed by atoms with E-state index < -0.39 is 15.9 Å². The molecular weight excluding hydrogens is 398 g/mol. The number of likely N-dealkylation sites (N-methyl/N-ethyl adjacent to an activating group) is 1. The van der Waals surface area contributed by atoms with Crippen molar-refractivity contribution in [2.45, 2.75) is 11.4 Å². The molecule has 1 amide bonds. The minimum absolute atomic E-state index is 0.126. The zero-order valence-corrected chi connectivity index (χ0v) is 15.2. The normalized spacial score (nSPS) is 11.5. The number of nitrogens with two attached hydrogens (primary N) is 1. The van der Waals surface area contributed by atoms with Gasteiger partial charge in [0.1, 0.15) is 10.7 Å². The van der Waals surface area contributed by atoms with Gasteiger partial charge >= 0.3 is 0 Å². The van der Waals surface area contributed by atoms with E-state index in [-0.39, 0.29) is 23.8 Å². The number of hydrogen-bond acceptors (Lipinski definition) is 6. The Kier molecular flexibility index (Phi) is 5.86. The number of nitrogens with one attached hydrogen (secondary N) is 1. The molecule has 128 valence electrons. The lowest BCUT2D eigenvalue weighted by Gasteiger charge is -2.17. The van der Waals surface area contributed by atoms with Gasteiger partial charge < -0.3 is 11.1 Å². The van der Waals surface area contributed by atoms with E-state index >= 15 is 0 Å². The Bertz CT molecular complexity index is 830. The first-order chi connectivity index (χ1) is 11.3. The molecule has 0 spiro atoms. The van der Waals surface area contributed by atoms with Crippen LogP contribution in [0.3, 0.4) is 0 Å². The van der Waals surface area contributed by atoms with Crippen molar-refractivity contribution in [2.24, 2.45) is 0 Å². The van der Waals surface area contributed by atoms with Crippen LogP contribution in [0, 0.1) is 0 Å². The number of sulfonamides is 1. The molecule has 0 atom stereocenters. The van der Waals surface area contributed by atoms with Crippen LogP contribution in [-0.2, 0) is 21.4 Å². The third-order valence-electron chi connectivity index (χ3n) is 3.10. The molecule has 0 aromatic carbocycles. The Balaban J connectivity index is 2.03. The Hall–Kier alpha value is -2.04. The van der Waals surface area contributed by atoms with Gasteiger partial charge in [0.2, 0.25) is 15.9 Å². The van der Waals surface area contributed by atoms with E-state index in [1.54, 1.807) is 24.4 Å². The number of aromatic nitrogens is 2. The number of carbonyl (C=O) groups excluding carboxylic acids is 1. The van der Waals surface area contributed by atoms with Crippen molar-refractivity contribution in [1.29, 1.82) is 0 Å². The summed E-state index contributed by atoms with van der Waals surface area (Å²) in [5.74, 6) is -0.577. The Morgan fingerprint density at radius 3 is 2.79 bits per heavy atom. The first-order valence-corrected chi connectivity index (χ1v) is 9.08. The van der Waals surface area contributed by atoms with Crippen molar-refractivity contribution in [3.63, 3.8) is 0 Å². The molecule has 0 saturated carbocycles. The van der Waals surface area contributed by atoms with E-state index in [1.807, 2.05) is 0 Å². The van der Waals surface area contributed by atoms with Crippen LogP contribution in [0.1, 0.15) is 5.69 Å². The number of pyridine rings is 2. The second kappa shape index (κ2) is 7.69. The summed E-state index contributed by atoms with van der Waals surface area (Å²) in [6.07, 6.45) is 3.01. The molecule has 0 radical (unpaired) electrons. The summed E-state index contributed by atoms with van der Waals surface area (Å²) in [4.78, 5) is 19.7. The summed E-state index contributed by atoms with van der Waals surface area (Å²) >= 11 is 3.15. The fourth-order valence-corrected chi connectivity index (χ4v) is 3.54. The van der Waals surface area contributed by atoms with Gasteiger partial charge in [-0.25, -0.2) is 13.4 Å². The predicted octanol–water partition coefficient (Wildman–Crippen LogP) is 0.758. The van der Waals surface area contributed by atoms with Crippen LogP contribution in [0.5, 0.6) is 0 Å². The highest BCUT2D eigenvalue weighted by Gasteiger charge is 2.26. The molecule has 2 aromatic heterocycles. The van der Waals surface area contributed by atoms with Crippen LogP contribution in [0.25, 0.3) is 0 Å². The molecule has 0 bridgehead atoms. The fraction of sp³-hybridized carbons (Fsp3) is 0.214. The van der Waals surface area contributed by atoms with Crippen LogP contribution >= 0.6 is 15.9 Å². The second-order valence-electron chi connectivity index (χ2n) is 4.90. The van der Waals surface area contributed by atoms with Gasteiger partial charge in [-0.15, -0.1) is 0 Å². The van der Waals surface area contributed by atoms with Gasteiger partial charge in [0.15, 0.2) is 0 Å². The molecule has 24 heavy (non-hydrogen) atoms. The molecule has 0 saturated heterocycles. The lowest BCUT2D eigenvalue weighted by atomic mass is 10.3. The molecule has 10 heteroatoms. The Morgan fingerprint density at radius 1 is 1.38 bits per heavy atom. The summed E-state index contributed by atoms with van der Waals surface area (Å²) in [5.41, 5.74) is 6.31. The van der Waals surface area contributed by atoms with Gasteiger partial charge in [0.05, 0.1) is 18.8 Å². The van der Waals surface area contributed by atoms with Crippen LogP contribution in [0.4, 0.5) is 5.82 Å². The number of halogens is 1. The van der Waals surface area contributed by atoms with Gasteiger partial charge in [-0.2, -0.15) is 4.31 Å². The summed E-state index contributed by atoms with van der Waals surface area (Å²) in [6.45, 7) is -0.130. The lowest BCUT2D eigenvalue weighted by molar-refractivity contribution is -0.121. The topological polar surface area (TPSA) is 118 Å². The molecule has 0 aliphatic carbocycles. The van der Waals surface area contributed by atoms with Crippen molar-refractivity contribution in [2.75, 3.05) is 19.3 Å². The van der Waals surface area contributed by atoms with Gasteiger partial charge in [0.25, 0.3) is 0 Å². The minimum atomic E-state index is -3.93. The third-order valence-corrected chi connectivity index (χ3v) is 5.36. The molecule has 0 fully saturated rings. The zero-order valence-electron chi connectivity index (χ0n) is 12.8. The van der Waals surface area contributed by atoms with Crippen molar-refractivity contribution in [3.8, 4) is 0 Å². The summed E-state index contributed by atoms with van der Waals surface area (Å²) < 4.78 is 26.4. The van der Waals surface area contributed by atoms with E-state index in [0.29, 0.717) is 10.2 Å². The molecule has 2 aromatic rings. The van der Waals surface area contributed by atoms with E-state index in [1.165, 1.54) is 19.3 Å². The molecule has 8 nitrogen and oxygen atoms in total. The zero-order chi connectivity index (χ0) is 17.7. The van der Waals surface area contributed by atoms with Crippen molar-refractivity contribution in [3.05, 3.63) is 46.8 Å². The van der Waals surface area contributed by atoms with Gasteiger partial charge in [-0.1, -0.05) is 6.07 Å². The number of amides is 1. The van der Waals surface area contributed by atoms with Crippen LogP contribution in [0.2, 0.25) is 0 Å². The molecular formula is C14H16BrN5O3S. The number of nitrogen functional groups attached to an aromatic ring is 1. The van der Waals surface area contributed by atoms with Crippen molar-refractivity contribution < 1.29 is 13.2 Å². The maximum atomic E-state index is 12.5. The van der Waals surface area contributed by atoms with E-state index in [4.69, 9.17) is 5.73 Å². The quantitative estimate of drug-likeness (QED) is 0.721. The van der Waals surface area contributed by atoms with E-state index in [0.717, 1.165) is 4.31 Å². The minimum Gasteiger partial charge on any atom is -0.383 e. The number of hydrogen-bond donors (Lipinski definition) is 2. The first-order valence-electron chi connectivity index (χ1n) is 6.84.